The molecule has 0 aliphatic carbocycles. The van der Waals surface area contributed by atoms with Crippen LogP contribution < -0.4 is 15.0 Å². The summed E-state index contributed by atoms with van der Waals surface area (Å²) in [4.78, 5) is 23.3. The van der Waals surface area contributed by atoms with Crippen molar-refractivity contribution < 1.29 is 27.1 Å². The average Bonchev–Trinajstić information content (AvgIpc) is 2.79. The quantitative estimate of drug-likeness (QED) is 0.515. The zero-order valence-electron chi connectivity index (χ0n) is 17.4. The minimum atomic E-state index is -4.80. The topological polar surface area (TPSA) is 67.3 Å². The molecule has 172 valence electrons. The van der Waals surface area contributed by atoms with Crippen LogP contribution in [0.1, 0.15) is 29.6 Å². The van der Waals surface area contributed by atoms with E-state index in [0.29, 0.717) is 16.9 Å². The second-order valence-electron chi connectivity index (χ2n) is 7.56. The summed E-state index contributed by atoms with van der Waals surface area (Å²) in [5, 5.41) is 2.62. The van der Waals surface area contributed by atoms with Crippen LogP contribution in [0.2, 0.25) is 0 Å². The predicted molar refractivity (Wildman–Crippen MR) is 115 cm³/mol. The Bertz CT molecular complexity index is 1130. The Morgan fingerprint density at radius 1 is 1.00 bits per heavy atom. The number of pyridine rings is 2. The molecule has 3 heterocycles. The maximum Gasteiger partial charge on any atom is 0.573 e. The van der Waals surface area contributed by atoms with Crippen molar-refractivity contribution in [3.8, 4) is 16.9 Å². The van der Waals surface area contributed by atoms with E-state index in [1.807, 2.05) is 0 Å². The number of anilines is 2. The number of rotatable bonds is 5. The smallest absolute Gasteiger partial charge is 0.406 e. The predicted octanol–water partition coefficient (Wildman–Crippen LogP) is 5.42. The van der Waals surface area contributed by atoms with E-state index in [4.69, 9.17) is 0 Å². The van der Waals surface area contributed by atoms with Gasteiger partial charge in [-0.25, -0.2) is 9.37 Å². The highest BCUT2D eigenvalue weighted by molar-refractivity contribution is 6.05. The number of piperidine rings is 1. The van der Waals surface area contributed by atoms with Crippen molar-refractivity contribution in [1.29, 1.82) is 0 Å². The first kappa shape index (κ1) is 22.5. The molecule has 0 saturated carbocycles. The Morgan fingerprint density at radius 3 is 2.39 bits per heavy atom. The Kier molecular flexibility index (Phi) is 6.43. The second kappa shape index (κ2) is 9.43. The van der Waals surface area contributed by atoms with Crippen LogP contribution in [0.15, 0.2) is 55.0 Å². The van der Waals surface area contributed by atoms with E-state index in [-0.39, 0.29) is 11.3 Å². The number of ether oxygens (including phenoxy) is 1. The molecule has 0 spiro atoms. The van der Waals surface area contributed by atoms with E-state index < -0.39 is 23.8 Å². The van der Waals surface area contributed by atoms with Crippen molar-refractivity contribution in [2.45, 2.75) is 25.6 Å². The van der Waals surface area contributed by atoms with Crippen LogP contribution in [0.25, 0.3) is 11.1 Å². The summed E-state index contributed by atoms with van der Waals surface area (Å²) in [6, 6.07) is 7.75. The van der Waals surface area contributed by atoms with E-state index in [2.05, 4.69) is 24.9 Å². The highest BCUT2D eigenvalue weighted by Gasteiger charge is 2.31. The van der Waals surface area contributed by atoms with Crippen LogP contribution in [0.5, 0.6) is 5.75 Å². The van der Waals surface area contributed by atoms with Gasteiger partial charge in [-0.2, -0.15) is 0 Å². The molecule has 1 aliphatic rings. The van der Waals surface area contributed by atoms with Crippen molar-refractivity contribution in [2.75, 3.05) is 23.3 Å². The molecule has 4 rings (SSSR count). The molecule has 0 radical (unpaired) electrons. The van der Waals surface area contributed by atoms with Crippen LogP contribution in [0.3, 0.4) is 0 Å². The first-order chi connectivity index (χ1) is 15.8. The number of halogens is 4. The molecule has 0 bridgehead atoms. The summed E-state index contributed by atoms with van der Waals surface area (Å²) in [7, 11) is 0. The van der Waals surface area contributed by atoms with Gasteiger partial charge in [-0.15, -0.1) is 13.2 Å². The van der Waals surface area contributed by atoms with E-state index in [1.54, 1.807) is 6.07 Å². The summed E-state index contributed by atoms with van der Waals surface area (Å²) in [6.45, 7) is 1.61. The van der Waals surface area contributed by atoms with Crippen molar-refractivity contribution in [3.05, 3.63) is 66.4 Å². The molecule has 2 aromatic heterocycles. The van der Waals surface area contributed by atoms with Gasteiger partial charge < -0.3 is 15.0 Å². The number of hydrogen-bond donors (Lipinski definition) is 1. The molecule has 1 saturated heterocycles. The van der Waals surface area contributed by atoms with Crippen LogP contribution in [-0.4, -0.2) is 35.3 Å². The standard InChI is InChI=1S/C23H20F4N4O2/c24-17-10-15(12-28-14-17)20-11-16(13-29-21(20)31-8-2-1-3-9-31)22(32)30-18-4-6-19(7-5-18)33-23(25,26)27/h4-7,10-14H,1-3,8-9H2,(H,30,32). The molecule has 1 amide bonds. The maximum absolute atomic E-state index is 13.9. The largest absolute Gasteiger partial charge is 0.573 e. The number of carbonyl (C=O) groups is 1. The third-order valence-electron chi connectivity index (χ3n) is 5.15. The average molecular weight is 460 g/mol. The third kappa shape index (κ3) is 5.76. The summed E-state index contributed by atoms with van der Waals surface area (Å²) in [5.41, 5.74) is 1.56. The number of carbonyl (C=O) groups excluding carboxylic acids is 1. The van der Waals surface area contributed by atoms with Gasteiger partial charge in [-0.1, -0.05) is 0 Å². The zero-order chi connectivity index (χ0) is 23.4. The molecule has 0 unspecified atom stereocenters. The van der Waals surface area contributed by atoms with Crippen molar-refractivity contribution >= 4 is 17.4 Å². The highest BCUT2D eigenvalue weighted by Crippen LogP contribution is 2.32. The SMILES string of the molecule is O=C(Nc1ccc(OC(F)(F)F)cc1)c1cnc(N2CCCCC2)c(-c2cncc(F)c2)c1. The van der Waals surface area contributed by atoms with Crippen molar-refractivity contribution in [3.63, 3.8) is 0 Å². The second-order valence-corrected chi connectivity index (χ2v) is 7.56. The van der Waals surface area contributed by atoms with Gasteiger partial charge in [0, 0.05) is 42.3 Å². The van der Waals surface area contributed by atoms with Crippen LogP contribution in [-0.2, 0) is 0 Å². The molecule has 10 heteroatoms. The maximum atomic E-state index is 13.9. The molecular weight excluding hydrogens is 440 g/mol. The van der Waals surface area contributed by atoms with E-state index in [1.165, 1.54) is 30.6 Å². The summed E-state index contributed by atoms with van der Waals surface area (Å²) in [5.74, 6) is -0.767. The number of hydrogen-bond acceptors (Lipinski definition) is 5. The van der Waals surface area contributed by atoms with Crippen molar-refractivity contribution in [1.82, 2.24) is 9.97 Å². The number of alkyl halides is 3. The van der Waals surface area contributed by atoms with E-state index in [0.717, 1.165) is 50.7 Å². The number of nitrogens with zero attached hydrogens (tertiary/aromatic N) is 3. The Hall–Kier alpha value is -3.69. The molecule has 0 atom stereocenters. The number of aromatic nitrogens is 2. The lowest BCUT2D eigenvalue weighted by Crippen LogP contribution is -2.30. The highest BCUT2D eigenvalue weighted by atomic mass is 19.4. The molecule has 1 aliphatic heterocycles. The molecule has 1 fully saturated rings. The zero-order valence-corrected chi connectivity index (χ0v) is 17.4. The van der Waals surface area contributed by atoms with Gasteiger partial charge in [0.1, 0.15) is 17.4 Å². The number of nitrogens with one attached hydrogen (secondary N) is 1. The van der Waals surface area contributed by atoms with Crippen LogP contribution >= 0.6 is 0 Å². The Labute approximate surface area is 187 Å². The lowest BCUT2D eigenvalue weighted by atomic mass is 10.0. The van der Waals surface area contributed by atoms with Gasteiger partial charge in [-0.3, -0.25) is 9.78 Å². The summed E-state index contributed by atoms with van der Waals surface area (Å²) >= 11 is 0. The third-order valence-corrected chi connectivity index (χ3v) is 5.15. The summed E-state index contributed by atoms with van der Waals surface area (Å²) < 4.78 is 54.6. The van der Waals surface area contributed by atoms with E-state index >= 15 is 0 Å². The lowest BCUT2D eigenvalue weighted by molar-refractivity contribution is -0.274. The Balaban J connectivity index is 1.59. The van der Waals surface area contributed by atoms with Gasteiger partial charge in [0.25, 0.3) is 5.91 Å². The molecule has 33 heavy (non-hydrogen) atoms. The fourth-order valence-electron chi connectivity index (χ4n) is 3.65. The fourth-order valence-corrected chi connectivity index (χ4v) is 3.65. The Morgan fingerprint density at radius 2 is 1.73 bits per heavy atom. The molecular formula is C23H20F4N4O2. The number of amides is 1. The van der Waals surface area contributed by atoms with Gasteiger partial charge in [0.05, 0.1) is 11.8 Å². The monoisotopic (exact) mass is 460 g/mol. The summed E-state index contributed by atoms with van der Waals surface area (Å²) in [6.07, 6.45) is 2.39. The fraction of sp³-hybridized carbons (Fsp3) is 0.261. The van der Waals surface area contributed by atoms with Gasteiger partial charge >= 0.3 is 6.36 Å². The van der Waals surface area contributed by atoms with Crippen LogP contribution in [0.4, 0.5) is 29.1 Å². The number of benzene rings is 1. The minimum absolute atomic E-state index is 0.214. The van der Waals surface area contributed by atoms with Crippen molar-refractivity contribution in [2.24, 2.45) is 0 Å². The minimum Gasteiger partial charge on any atom is -0.406 e. The molecule has 1 N–H and O–H groups in total. The first-order valence-electron chi connectivity index (χ1n) is 10.3. The first-order valence-corrected chi connectivity index (χ1v) is 10.3. The normalized spacial score (nSPS) is 14.1. The van der Waals surface area contributed by atoms with E-state index in [9.17, 15) is 22.4 Å². The lowest BCUT2D eigenvalue weighted by Gasteiger charge is -2.29. The van der Waals surface area contributed by atoms with Crippen LogP contribution in [0, 0.1) is 5.82 Å². The molecule has 3 aromatic rings. The van der Waals surface area contributed by atoms with Gasteiger partial charge in [-0.05, 0) is 55.7 Å². The molecule has 6 nitrogen and oxygen atoms in total. The molecule has 1 aromatic carbocycles. The van der Waals surface area contributed by atoms with Gasteiger partial charge in [0.15, 0.2) is 0 Å². The van der Waals surface area contributed by atoms with Gasteiger partial charge in [0.2, 0.25) is 0 Å².